The van der Waals surface area contributed by atoms with Gasteiger partial charge in [-0.15, -0.1) is 0 Å². The highest BCUT2D eigenvalue weighted by Crippen LogP contribution is 2.19. The molecule has 0 atom stereocenters. The molecule has 4 aromatic carbocycles. The molecule has 4 aromatic rings. The average molecular weight is 479 g/mol. The van der Waals surface area contributed by atoms with Gasteiger partial charge >= 0.3 is 11.9 Å². The van der Waals surface area contributed by atoms with Gasteiger partial charge in [0.2, 0.25) is 0 Å². The fourth-order valence-electron chi connectivity index (χ4n) is 3.30. The van der Waals surface area contributed by atoms with Crippen molar-refractivity contribution in [3.05, 3.63) is 131 Å². The van der Waals surface area contributed by atoms with Gasteiger partial charge in [0.15, 0.2) is 12.4 Å². The van der Waals surface area contributed by atoms with E-state index in [1.165, 1.54) is 30.3 Å². The Kier molecular flexibility index (Phi) is 7.63. The molecule has 36 heavy (non-hydrogen) atoms. The molecule has 0 fully saturated rings. The fraction of sp³-hybridized carbons (Fsp3) is 0.0345. The molecule has 0 spiro atoms. The third-order valence-electron chi connectivity index (χ3n) is 5.16. The minimum atomic E-state index is -0.749. The quantitative estimate of drug-likeness (QED) is 0.212. The Balaban J connectivity index is 1.35. The van der Waals surface area contributed by atoms with Crippen molar-refractivity contribution in [3.8, 4) is 5.75 Å². The van der Waals surface area contributed by atoms with E-state index in [0.29, 0.717) is 11.1 Å². The number of nitrogens with one attached hydrogen (secondary N) is 1. The van der Waals surface area contributed by atoms with Crippen molar-refractivity contribution in [2.75, 3.05) is 11.9 Å². The zero-order valence-corrected chi connectivity index (χ0v) is 19.0. The van der Waals surface area contributed by atoms with E-state index in [1.807, 2.05) is 0 Å². The lowest BCUT2D eigenvalue weighted by Gasteiger charge is -2.11. The monoisotopic (exact) mass is 479 g/mol. The van der Waals surface area contributed by atoms with Crippen molar-refractivity contribution in [3.63, 3.8) is 0 Å². The number of Topliss-reactive ketones (excluding diaryl/α,β-unsaturated/α-hetero) is 1. The summed E-state index contributed by atoms with van der Waals surface area (Å²) in [5.74, 6) is -1.79. The predicted octanol–water partition coefficient (Wildman–Crippen LogP) is 5.20. The maximum absolute atomic E-state index is 12.6. The molecule has 0 saturated carbocycles. The van der Waals surface area contributed by atoms with Crippen LogP contribution in [0.3, 0.4) is 0 Å². The first-order valence-electron chi connectivity index (χ1n) is 11.0. The van der Waals surface area contributed by atoms with Gasteiger partial charge in [0.25, 0.3) is 5.91 Å². The summed E-state index contributed by atoms with van der Waals surface area (Å²) >= 11 is 0. The number of amides is 1. The summed E-state index contributed by atoms with van der Waals surface area (Å²) in [6, 6.07) is 29.5. The number of anilines is 1. The maximum atomic E-state index is 12.6. The number of carbonyl (C=O) groups excluding carboxylic acids is 4. The zero-order valence-electron chi connectivity index (χ0n) is 19.0. The van der Waals surface area contributed by atoms with Gasteiger partial charge in [0.05, 0.1) is 16.8 Å². The molecule has 0 bridgehead atoms. The Morgan fingerprint density at radius 1 is 0.583 bits per heavy atom. The Labute approximate surface area is 207 Å². The molecule has 0 aromatic heterocycles. The summed E-state index contributed by atoms with van der Waals surface area (Å²) < 4.78 is 10.5. The molecule has 7 heteroatoms. The highest BCUT2D eigenvalue weighted by Gasteiger charge is 2.17. The molecule has 1 N–H and O–H groups in total. The van der Waals surface area contributed by atoms with Crippen molar-refractivity contribution in [2.45, 2.75) is 0 Å². The number of carbonyl (C=O) groups is 4. The van der Waals surface area contributed by atoms with Crippen LogP contribution in [0.5, 0.6) is 5.75 Å². The van der Waals surface area contributed by atoms with Crippen molar-refractivity contribution in [2.24, 2.45) is 0 Å². The van der Waals surface area contributed by atoms with E-state index in [4.69, 9.17) is 9.47 Å². The summed E-state index contributed by atoms with van der Waals surface area (Å²) in [6.07, 6.45) is 0. The van der Waals surface area contributed by atoms with Gasteiger partial charge in [0, 0.05) is 11.1 Å². The van der Waals surface area contributed by atoms with Gasteiger partial charge in [-0.2, -0.15) is 0 Å². The van der Waals surface area contributed by atoms with Gasteiger partial charge in [-0.3, -0.25) is 9.59 Å². The Bertz CT molecular complexity index is 1380. The van der Waals surface area contributed by atoms with Crippen LogP contribution in [0, 0.1) is 0 Å². The zero-order chi connectivity index (χ0) is 25.3. The van der Waals surface area contributed by atoms with Crippen molar-refractivity contribution in [1.82, 2.24) is 0 Å². The highest BCUT2D eigenvalue weighted by molar-refractivity contribution is 6.08. The molecular weight excluding hydrogens is 458 g/mol. The topological polar surface area (TPSA) is 98.8 Å². The Morgan fingerprint density at radius 2 is 1.17 bits per heavy atom. The number of ether oxygens (including phenoxy) is 2. The van der Waals surface area contributed by atoms with E-state index in [0.717, 1.165) is 0 Å². The minimum absolute atomic E-state index is 0.123. The first-order chi connectivity index (χ1) is 17.5. The molecule has 0 heterocycles. The molecule has 0 unspecified atom stereocenters. The third kappa shape index (κ3) is 6.09. The molecular formula is C29H21NO6. The van der Waals surface area contributed by atoms with Crippen LogP contribution in [0.2, 0.25) is 0 Å². The summed E-state index contributed by atoms with van der Waals surface area (Å²) in [6.45, 7) is -0.497. The second-order valence-corrected chi connectivity index (χ2v) is 7.64. The normalized spacial score (nSPS) is 10.2. The number of benzene rings is 4. The summed E-state index contributed by atoms with van der Waals surface area (Å²) in [5.41, 5.74) is 1.53. The predicted molar refractivity (Wildman–Crippen MR) is 133 cm³/mol. The Morgan fingerprint density at radius 3 is 1.83 bits per heavy atom. The molecule has 178 valence electrons. The average Bonchev–Trinajstić information content (AvgIpc) is 2.93. The van der Waals surface area contributed by atoms with Crippen LogP contribution >= 0.6 is 0 Å². The lowest BCUT2D eigenvalue weighted by Crippen LogP contribution is -2.18. The third-order valence-corrected chi connectivity index (χ3v) is 5.16. The van der Waals surface area contributed by atoms with Crippen LogP contribution in [0.25, 0.3) is 0 Å². The van der Waals surface area contributed by atoms with Crippen LogP contribution in [0.15, 0.2) is 109 Å². The second-order valence-electron chi connectivity index (χ2n) is 7.64. The summed E-state index contributed by atoms with van der Waals surface area (Å²) in [4.78, 5) is 49.8. The van der Waals surface area contributed by atoms with E-state index in [2.05, 4.69) is 5.32 Å². The number of hydrogen-bond acceptors (Lipinski definition) is 6. The van der Waals surface area contributed by atoms with E-state index in [1.54, 1.807) is 78.9 Å². The smallest absolute Gasteiger partial charge is 0.343 e. The standard InChI is InChI=1S/C29H21NO6/c31-26(20-15-17-23(18-16-20)36-28(33)22-11-5-2-6-12-22)19-35-29(34)24-13-7-8-14-25(24)30-27(32)21-9-3-1-4-10-21/h1-18H,19H2,(H,30,32). The van der Waals surface area contributed by atoms with Gasteiger partial charge in [0.1, 0.15) is 5.75 Å². The van der Waals surface area contributed by atoms with E-state index in [9.17, 15) is 19.2 Å². The molecule has 0 aliphatic heterocycles. The molecule has 7 nitrogen and oxygen atoms in total. The SMILES string of the molecule is O=C(COC(=O)c1ccccc1NC(=O)c1ccccc1)c1ccc(OC(=O)c2ccccc2)cc1. The first kappa shape index (κ1) is 24.1. The van der Waals surface area contributed by atoms with Crippen molar-refractivity contribution < 1.29 is 28.7 Å². The van der Waals surface area contributed by atoms with Crippen LogP contribution in [0.4, 0.5) is 5.69 Å². The van der Waals surface area contributed by atoms with E-state index < -0.39 is 24.3 Å². The number of hydrogen-bond donors (Lipinski definition) is 1. The van der Waals surface area contributed by atoms with Gasteiger partial charge in [-0.25, -0.2) is 9.59 Å². The van der Waals surface area contributed by atoms with E-state index >= 15 is 0 Å². The molecule has 0 saturated heterocycles. The summed E-state index contributed by atoms with van der Waals surface area (Å²) in [7, 11) is 0. The lowest BCUT2D eigenvalue weighted by atomic mass is 10.1. The second kappa shape index (κ2) is 11.4. The van der Waals surface area contributed by atoms with Crippen LogP contribution in [0.1, 0.15) is 41.4 Å². The minimum Gasteiger partial charge on any atom is -0.454 e. The van der Waals surface area contributed by atoms with Gasteiger partial charge < -0.3 is 14.8 Å². The number of esters is 2. The van der Waals surface area contributed by atoms with Gasteiger partial charge in [-0.05, 0) is 60.7 Å². The fourth-order valence-corrected chi connectivity index (χ4v) is 3.30. The molecule has 0 radical (unpaired) electrons. The number of para-hydroxylation sites is 1. The molecule has 4 rings (SSSR count). The van der Waals surface area contributed by atoms with Crippen LogP contribution in [-0.4, -0.2) is 30.2 Å². The molecule has 0 aliphatic rings. The largest absolute Gasteiger partial charge is 0.454 e. The lowest BCUT2D eigenvalue weighted by molar-refractivity contribution is 0.0475. The highest BCUT2D eigenvalue weighted by atomic mass is 16.5. The van der Waals surface area contributed by atoms with Crippen molar-refractivity contribution in [1.29, 1.82) is 0 Å². The van der Waals surface area contributed by atoms with Gasteiger partial charge in [-0.1, -0.05) is 48.5 Å². The van der Waals surface area contributed by atoms with Crippen LogP contribution < -0.4 is 10.1 Å². The number of rotatable bonds is 8. The summed E-state index contributed by atoms with van der Waals surface area (Å²) in [5, 5.41) is 2.69. The maximum Gasteiger partial charge on any atom is 0.343 e. The van der Waals surface area contributed by atoms with Crippen molar-refractivity contribution >= 4 is 29.3 Å². The Hall–Kier alpha value is -5.04. The number of ketones is 1. The molecule has 0 aliphatic carbocycles. The van der Waals surface area contributed by atoms with Crippen LogP contribution in [-0.2, 0) is 4.74 Å². The van der Waals surface area contributed by atoms with E-state index in [-0.39, 0.29) is 28.5 Å². The first-order valence-corrected chi connectivity index (χ1v) is 11.0. The molecule has 1 amide bonds.